The Balaban J connectivity index is 2.08. The van der Waals surface area contributed by atoms with Gasteiger partial charge in [-0.3, -0.25) is 4.90 Å². The monoisotopic (exact) mass is 262 g/mol. The van der Waals surface area contributed by atoms with Gasteiger partial charge in [0.25, 0.3) is 0 Å². The van der Waals surface area contributed by atoms with Gasteiger partial charge in [0.2, 0.25) is 0 Å². The van der Waals surface area contributed by atoms with Crippen molar-refractivity contribution in [2.75, 3.05) is 32.8 Å². The molecule has 0 spiro atoms. The van der Waals surface area contributed by atoms with E-state index in [4.69, 9.17) is 4.74 Å². The Labute approximate surface area is 116 Å². The molecule has 1 unspecified atom stereocenters. The average molecular weight is 262 g/mol. The van der Waals surface area contributed by atoms with E-state index in [0.717, 1.165) is 32.8 Å². The molecule has 0 saturated carbocycles. The lowest BCUT2D eigenvalue weighted by Gasteiger charge is -2.43. The van der Waals surface area contributed by atoms with E-state index < -0.39 is 0 Å². The number of morpholine rings is 1. The zero-order valence-electron chi connectivity index (χ0n) is 12.4. The van der Waals surface area contributed by atoms with Crippen LogP contribution in [0, 0.1) is 0 Å². The summed E-state index contributed by atoms with van der Waals surface area (Å²) in [5.74, 6) is 0. The van der Waals surface area contributed by atoms with Crippen LogP contribution < -0.4 is 5.32 Å². The zero-order valence-corrected chi connectivity index (χ0v) is 12.4. The first-order valence-corrected chi connectivity index (χ1v) is 7.24. The predicted molar refractivity (Wildman–Crippen MR) is 79.3 cm³/mol. The molecule has 1 aliphatic rings. The lowest BCUT2D eigenvalue weighted by atomic mass is 9.99. The van der Waals surface area contributed by atoms with E-state index in [9.17, 15) is 0 Å². The Morgan fingerprint density at radius 1 is 1.32 bits per heavy atom. The van der Waals surface area contributed by atoms with Crippen molar-refractivity contribution in [3.05, 3.63) is 35.9 Å². The maximum Gasteiger partial charge on any atom is 0.0645 e. The molecule has 0 radical (unpaired) electrons. The van der Waals surface area contributed by atoms with Gasteiger partial charge in [-0.05, 0) is 26.0 Å². The minimum absolute atomic E-state index is 0.126. The molecule has 1 N–H and O–H groups in total. The summed E-state index contributed by atoms with van der Waals surface area (Å²) in [6.45, 7) is 11.4. The molecular weight excluding hydrogens is 236 g/mol. The number of benzene rings is 1. The molecule has 3 nitrogen and oxygen atoms in total. The number of nitrogens with one attached hydrogen (secondary N) is 1. The molecule has 106 valence electrons. The van der Waals surface area contributed by atoms with Crippen LogP contribution >= 0.6 is 0 Å². The maximum absolute atomic E-state index is 5.60. The van der Waals surface area contributed by atoms with Gasteiger partial charge >= 0.3 is 0 Å². The highest BCUT2D eigenvalue weighted by molar-refractivity contribution is 5.19. The van der Waals surface area contributed by atoms with Crippen LogP contribution in [-0.2, 0) is 4.74 Å². The Morgan fingerprint density at radius 2 is 2.05 bits per heavy atom. The fraction of sp³-hybridized carbons (Fsp3) is 0.625. The van der Waals surface area contributed by atoms with Crippen molar-refractivity contribution in [3.8, 4) is 0 Å². The second-order valence-corrected chi connectivity index (χ2v) is 5.83. The van der Waals surface area contributed by atoms with Gasteiger partial charge in [-0.2, -0.15) is 0 Å². The summed E-state index contributed by atoms with van der Waals surface area (Å²) in [5.41, 5.74) is 1.49. The fourth-order valence-electron chi connectivity index (χ4n) is 2.67. The Kier molecular flexibility index (Phi) is 4.97. The minimum Gasteiger partial charge on any atom is -0.378 e. The van der Waals surface area contributed by atoms with Gasteiger partial charge in [-0.25, -0.2) is 0 Å². The van der Waals surface area contributed by atoms with Crippen LogP contribution in [-0.4, -0.2) is 43.3 Å². The molecule has 3 heteroatoms. The molecule has 0 amide bonds. The molecular formula is C16H26N2O. The van der Waals surface area contributed by atoms with E-state index in [1.54, 1.807) is 0 Å². The van der Waals surface area contributed by atoms with E-state index in [0.29, 0.717) is 6.04 Å². The first kappa shape index (κ1) is 14.5. The van der Waals surface area contributed by atoms with Crippen LogP contribution in [0.2, 0.25) is 0 Å². The molecule has 1 saturated heterocycles. The van der Waals surface area contributed by atoms with Crippen LogP contribution in [0.1, 0.15) is 32.4 Å². The van der Waals surface area contributed by atoms with Crippen molar-refractivity contribution in [2.45, 2.75) is 32.4 Å². The largest absolute Gasteiger partial charge is 0.378 e. The van der Waals surface area contributed by atoms with Crippen molar-refractivity contribution in [3.63, 3.8) is 0 Å². The summed E-state index contributed by atoms with van der Waals surface area (Å²) in [6, 6.07) is 11.1. The number of hydrogen-bond acceptors (Lipinski definition) is 3. The second kappa shape index (κ2) is 6.51. The molecule has 2 rings (SSSR count). The Morgan fingerprint density at radius 3 is 2.68 bits per heavy atom. The first-order chi connectivity index (χ1) is 9.13. The van der Waals surface area contributed by atoms with Crippen molar-refractivity contribution in [1.82, 2.24) is 10.2 Å². The van der Waals surface area contributed by atoms with Crippen LogP contribution in [0.4, 0.5) is 0 Å². The summed E-state index contributed by atoms with van der Waals surface area (Å²) in [4.78, 5) is 2.54. The van der Waals surface area contributed by atoms with Gasteiger partial charge in [0.05, 0.1) is 13.2 Å². The lowest BCUT2D eigenvalue weighted by Crippen LogP contribution is -2.55. The first-order valence-electron chi connectivity index (χ1n) is 7.24. The zero-order chi connectivity index (χ0) is 13.7. The molecule has 19 heavy (non-hydrogen) atoms. The summed E-state index contributed by atoms with van der Waals surface area (Å²) in [7, 11) is 0. The van der Waals surface area contributed by atoms with Crippen LogP contribution in [0.5, 0.6) is 0 Å². The van der Waals surface area contributed by atoms with Gasteiger partial charge in [0, 0.05) is 24.7 Å². The third kappa shape index (κ3) is 3.78. The van der Waals surface area contributed by atoms with Crippen LogP contribution in [0.3, 0.4) is 0 Å². The molecule has 0 aromatic heterocycles. The molecule has 1 aromatic carbocycles. The van der Waals surface area contributed by atoms with E-state index in [2.05, 4.69) is 61.3 Å². The molecule has 1 heterocycles. The number of nitrogens with zero attached hydrogens (tertiary/aromatic N) is 1. The summed E-state index contributed by atoms with van der Waals surface area (Å²) in [6.07, 6.45) is 0. The highest BCUT2D eigenvalue weighted by Gasteiger charge is 2.32. The van der Waals surface area contributed by atoms with Crippen molar-refractivity contribution >= 4 is 0 Å². The second-order valence-electron chi connectivity index (χ2n) is 5.83. The summed E-state index contributed by atoms with van der Waals surface area (Å²) in [5, 5.41) is 3.60. The third-order valence-corrected chi connectivity index (χ3v) is 3.87. The Hall–Kier alpha value is -0.900. The quantitative estimate of drug-likeness (QED) is 0.882. The fourth-order valence-corrected chi connectivity index (χ4v) is 2.67. The van der Waals surface area contributed by atoms with E-state index in [1.165, 1.54) is 5.56 Å². The SMILES string of the molecule is CCNC(CN1CCOCC1(C)C)c1ccccc1. The third-order valence-electron chi connectivity index (χ3n) is 3.87. The van der Waals surface area contributed by atoms with Crippen molar-refractivity contribution in [1.29, 1.82) is 0 Å². The van der Waals surface area contributed by atoms with Gasteiger partial charge in [-0.1, -0.05) is 37.3 Å². The Bertz CT molecular complexity index is 378. The van der Waals surface area contributed by atoms with Crippen molar-refractivity contribution in [2.24, 2.45) is 0 Å². The molecule has 0 aliphatic carbocycles. The molecule has 1 fully saturated rings. The maximum atomic E-state index is 5.60. The van der Waals surface area contributed by atoms with Gasteiger partial charge in [-0.15, -0.1) is 0 Å². The molecule has 0 bridgehead atoms. The number of rotatable bonds is 5. The van der Waals surface area contributed by atoms with E-state index >= 15 is 0 Å². The number of hydrogen-bond donors (Lipinski definition) is 1. The smallest absolute Gasteiger partial charge is 0.0645 e. The lowest BCUT2D eigenvalue weighted by molar-refractivity contribution is -0.0545. The normalized spacial score (nSPS) is 21.2. The average Bonchev–Trinajstić information content (AvgIpc) is 2.41. The number of likely N-dealkylation sites (N-methyl/N-ethyl adjacent to an activating group) is 1. The minimum atomic E-state index is 0.126. The van der Waals surface area contributed by atoms with Crippen LogP contribution in [0.25, 0.3) is 0 Å². The van der Waals surface area contributed by atoms with Gasteiger partial charge in [0.1, 0.15) is 0 Å². The molecule has 1 atom stereocenters. The predicted octanol–water partition coefficient (Wildman–Crippen LogP) is 2.45. The molecule has 1 aromatic rings. The van der Waals surface area contributed by atoms with E-state index in [-0.39, 0.29) is 5.54 Å². The van der Waals surface area contributed by atoms with E-state index in [1.807, 2.05) is 0 Å². The topological polar surface area (TPSA) is 24.5 Å². The summed E-state index contributed by atoms with van der Waals surface area (Å²) < 4.78 is 5.60. The molecule has 1 aliphatic heterocycles. The van der Waals surface area contributed by atoms with Gasteiger partial charge in [0.15, 0.2) is 0 Å². The number of ether oxygens (including phenoxy) is 1. The highest BCUT2D eigenvalue weighted by atomic mass is 16.5. The van der Waals surface area contributed by atoms with Crippen LogP contribution in [0.15, 0.2) is 30.3 Å². The standard InChI is InChI=1S/C16H26N2O/c1-4-17-15(14-8-6-5-7-9-14)12-18-10-11-19-13-16(18,2)3/h5-9,15,17H,4,10-13H2,1-3H3. The van der Waals surface area contributed by atoms with Crippen molar-refractivity contribution < 1.29 is 4.74 Å². The summed E-state index contributed by atoms with van der Waals surface area (Å²) >= 11 is 0. The highest BCUT2D eigenvalue weighted by Crippen LogP contribution is 2.23. The van der Waals surface area contributed by atoms with Gasteiger partial charge < -0.3 is 10.1 Å².